The molecule has 2 aliphatic heterocycles. The molecule has 2 saturated heterocycles. The van der Waals surface area contributed by atoms with Crippen LogP contribution in [0, 0.1) is 5.92 Å². The fourth-order valence-electron chi connectivity index (χ4n) is 4.55. The van der Waals surface area contributed by atoms with Crippen LogP contribution in [-0.2, 0) is 4.74 Å². The van der Waals surface area contributed by atoms with E-state index in [1.165, 1.54) is 32.2 Å². The number of carbonyl (C=O) groups excluding carboxylic acids is 2. The van der Waals surface area contributed by atoms with Crippen LogP contribution in [0.1, 0.15) is 38.5 Å². The third-order valence-corrected chi connectivity index (χ3v) is 6.09. The molecule has 0 atom stereocenters. The highest BCUT2D eigenvalue weighted by molar-refractivity contribution is 5.93. The van der Waals surface area contributed by atoms with Gasteiger partial charge in [0.1, 0.15) is 6.61 Å². The Hall–Kier alpha value is -2.28. The summed E-state index contributed by atoms with van der Waals surface area (Å²) in [5, 5.41) is 5.99. The maximum absolute atomic E-state index is 12.4. The second-order valence-electron chi connectivity index (χ2n) is 8.14. The number of anilines is 2. The molecule has 3 fully saturated rings. The molecule has 0 unspecified atom stereocenters. The molecular weight excluding hydrogens is 356 g/mol. The van der Waals surface area contributed by atoms with Crippen LogP contribution in [0.25, 0.3) is 0 Å². The van der Waals surface area contributed by atoms with Crippen molar-refractivity contribution in [1.82, 2.24) is 10.2 Å². The van der Waals surface area contributed by atoms with E-state index in [4.69, 9.17) is 4.74 Å². The van der Waals surface area contributed by atoms with Gasteiger partial charge in [-0.3, -0.25) is 4.90 Å². The predicted octanol–water partition coefficient (Wildman–Crippen LogP) is 3.42. The molecule has 3 aliphatic rings. The number of rotatable bonds is 5. The fourth-order valence-corrected chi connectivity index (χ4v) is 4.55. The van der Waals surface area contributed by atoms with E-state index in [0.29, 0.717) is 18.8 Å². The minimum absolute atomic E-state index is 0.185. The van der Waals surface area contributed by atoms with Crippen LogP contribution in [0.5, 0.6) is 0 Å². The molecule has 7 heteroatoms. The molecule has 1 aromatic carbocycles. The number of ether oxygens (including phenoxy) is 1. The van der Waals surface area contributed by atoms with Gasteiger partial charge in [-0.2, -0.15) is 0 Å². The van der Waals surface area contributed by atoms with Crippen molar-refractivity contribution >= 4 is 23.5 Å². The third-order valence-electron chi connectivity index (χ3n) is 6.09. The quantitative estimate of drug-likeness (QED) is 0.813. The summed E-state index contributed by atoms with van der Waals surface area (Å²) >= 11 is 0. The first-order valence-electron chi connectivity index (χ1n) is 10.5. The van der Waals surface area contributed by atoms with Gasteiger partial charge in [-0.1, -0.05) is 18.9 Å². The minimum Gasteiger partial charge on any atom is -0.447 e. The number of cyclic esters (lactones) is 1. The van der Waals surface area contributed by atoms with Crippen molar-refractivity contribution in [3.8, 4) is 0 Å². The third kappa shape index (κ3) is 4.76. The van der Waals surface area contributed by atoms with Crippen LogP contribution in [0.2, 0.25) is 0 Å². The Balaban J connectivity index is 1.23. The van der Waals surface area contributed by atoms with Crippen LogP contribution in [0.3, 0.4) is 0 Å². The van der Waals surface area contributed by atoms with Gasteiger partial charge in [0, 0.05) is 37.1 Å². The maximum atomic E-state index is 12.4. The zero-order valence-corrected chi connectivity index (χ0v) is 16.4. The van der Waals surface area contributed by atoms with Gasteiger partial charge in [0.25, 0.3) is 0 Å². The first-order valence-corrected chi connectivity index (χ1v) is 10.5. The molecule has 7 nitrogen and oxygen atoms in total. The Morgan fingerprint density at radius 3 is 2.61 bits per heavy atom. The minimum atomic E-state index is -0.342. The Kier molecular flexibility index (Phi) is 6.00. The Labute approximate surface area is 166 Å². The van der Waals surface area contributed by atoms with E-state index in [1.807, 2.05) is 18.2 Å². The zero-order valence-electron chi connectivity index (χ0n) is 16.4. The Bertz CT molecular complexity index is 697. The van der Waals surface area contributed by atoms with Gasteiger partial charge in [-0.25, -0.2) is 9.59 Å². The highest BCUT2D eigenvalue weighted by Crippen LogP contribution is 2.26. The van der Waals surface area contributed by atoms with E-state index in [2.05, 4.69) is 15.5 Å². The largest absolute Gasteiger partial charge is 0.447 e. The monoisotopic (exact) mass is 386 g/mol. The number of amides is 3. The number of likely N-dealkylation sites (tertiary alicyclic amines) is 1. The van der Waals surface area contributed by atoms with Crippen LogP contribution >= 0.6 is 0 Å². The molecule has 1 aromatic rings. The van der Waals surface area contributed by atoms with Gasteiger partial charge in [-0.15, -0.1) is 0 Å². The second-order valence-corrected chi connectivity index (χ2v) is 8.14. The van der Waals surface area contributed by atoms with Gasteiger partial charge in [0.2, 0.25) is 0 Å². The summed E-state index contributed by atoms with van der Waals surface area (Å²) in [5.74, 6) is 0.882. The molecule has 152 valence electrons. The Morgan fingerprint density at radius 1 is 1.11 bits per heavy atom. The lowest BCUT2D eigenvalue weighted by Gasteiger charge is -2.33. The summed E-state index contributed by atoms with van der Waals surface area (Å²) in [4.78, 5) is 28.2. The molecule has 3 amide bonds. The fraction of sp³-hybridized carbons (Fsp3) is 0.619. The molecule has 2 heterocycles. The molecular formula is C21H30N4O3. The molecule has 4 rings (SSSR count). The molecule has 0 spiro atoms. The average Bonchev–Trinajstić information content (AvgIpc) is 3.35. The maximum Gasteiger partial charge on any atom is 0.414 e. The SMILES string of the molecule is O=C(Nc1cccc(N2CCOC2=O)c1)NC1CCN(CC2CCCC2)CC1. The van der Waals surface area contributed by atoms with Crippen LogP contribution < -0.4 is 15.5 Å². The summed E-state index contributed by atoms with van der Waals surface area (Å²) in [5.41, 5.74) is 1.41. The molecule has 0 aromatic heterocycles. The molecule has 2 N–H and O–H groups in total. The van der Waals surface area contributed by atoms with Gasteiger partial charge in [-0.05, 0) is 49.8 Å². The van der Waals surface area contributed by atoms with Crippen LogP contribution in [0.4, 0.5) is 21.0 Å². The lowest BCUT2D eigenvalue weighted by molar-refractivity contribution is 0.173. The van der Waals surface area contributed by atoms with Crippen LogP contribution in [0.15, 0.2) is 24.3 Å². The second kappa shape index (κ2) is 8.82. The van der Waals surface area contributed by atoms with Crippen LogP contribution in [-0.4, -0.2) is 55.9 Å². The lowest BCUT2D eigenvalue weighted by Crippen LogP contribution is -2.46. The number of carbonyl (C=O) groups is 2. The summed E-state index contributed by atoms with van der Waals surface area (Å²) in [6.45, 7) is 4.29. The number of nitrogens with zero attached hydrogens (tertiary/aromatic N) is 2. The highest BCUT2D eigenvalue weighted by Gasteiger charge is 2.25. The first-order chi connectivity index (χ1) is 13.7. The highest BCUT2D eigenvalue weighted by atomic mass is 16.6. The summed E-state index contributed by atoms with van der Waals surface area (Å²) in [7, 11) is 0. The standard InChI is InChI=1S/C21H30N4O3/c26-20(22-17-8-10-24(11-9-17)15-16-4-1-2-5-16)23-18-6-3-7-19(14-18)25-12-13-28-21(25)27/h3,6-7,14,16-17H,1-2,4-5,8-13,15H2,(H2,22,23,26). The molecule has 1 saturated carbocycles. The number of hydrogen-bond acceptors (Lipinski definition) is 4. The van der Waals surface area contributed by atoms with Crippen molar-refractivity contribution in [2.45, 2.75) is 44.6 Å². The van der Waals surface area contributed by atoms with E-state index >= 15 is 0 Å². The smallest absolute Gasteiger partial charge is 0.414 e. The first kappa shape index (κ1) is 19.1. The van der Waals surface area contributed by atoms with Crippen molar-refractivity contribution in [1.29, 1.82) is 0 Å². The number of benzene rings is 1. The van der Waals surface area contributed by atoms with Gasteiger partial charge in [0.15, 0.2) is 0 Å². The van der Waals surface area contributed by atoms with E-state index in [1.54, 1.807) is 11.0 Å². The van der Waals surface area contributed by atoms with E-state index in [9.17, 15) is 9.59 Å². The van der Waals surface area contributed by atoms with Crippen molar-refractivity contribution in [3.05, 3.63) is 24.3 Å². The summed E-state index contributed by atoms with van der Waals surface area (Å²) < 4.78 is 4.97. The van der Waals surface area contributed by atoms with Crippen molar-refractivity contribution in [2.75, 3.05) is 43.0 Å². The topological polar surface area (TPSA) is 73.9 Å². The molecule has 28 heavy (non-hydrogen) atoms. The molecule has 0 radical (unpaired) electrons. The predicted molar refractivity (Wildman–Crippen MR) is 109 cm³/mol. The van der Waals surface area contributed by atoms with Gasteiger partial charge < -0.3 is 20.3 Å². The average molecular weight is 386 g/mol. The van der Waals surface area contributed by atoms with Crippen molar-refractivity contribution in [3.63, 3.8) is 0 Å². The summed E-state index contributed by atoms with van der Waals surface area (Å²) in [6.07, 6.45) is 7.21. The molecule has 0 bridgehead atoms. The van der Waals surface area contributed by atoms with Gasteiger partial charge >= 0.3 is 12.1 Å². The van der Waals surface area contributed by atoms with E-state index in [-0.39, 0.29) is 18.2 Å². The Morgan fingerprint density at radius 2 is 1.89 bits per heavy atom. The number of nitrogens with one attached hydrogen (secondary N) is 2. The number of hydrogen-bond donors (Lipinski definition) is 2. The van der Waals surface area contributed by atoms with Crippen molar-refractivity contribution < 1.29 is 14.3 Å². The number of urea groups is 1. The van der Waals surface area contributed by atoms with E-state index < -0.39 is 0 Å². The summed E-state index contributed by atoms with van der Waals surface area (Å²) in [6, 6.07) is 7.34. The lowest BCUT2D eigenvalue weighted by atomic mass is 10.0. The van der Waals surface area contributed by atoms with Gasteiger partial charge in [0.05, 0.1) is 6.54 Å². The normalized spacial score (nSPS) is 21.7. The van der Waals surface area contributed by atoms with Crippen molar-refractivity contribution in [2.24, 2.45) is 5.92 Å². The zero-order chi connectivity index (χ0) is 19.3. The van der Waals surface area contributed by atoms with E-state index in [0.717, 1.165) is 37.5 Å². The molecule has 1 aliphatic carbocycles. The number of piperidine rings is 1.